The summed E-state index contributed by atoms with van der Waals surface area (Å²) in [6, 6.07) is 11.3. The third kappa shape index (κ3) is 7.22. The number of benzene rings is 1. The largest absolute Gasteiger partial charge is 0.461 e. The maximum absolute atomic E-state index is 12.7. The number of hydrogen-bond acceptors (Lipinski definition) is 8. The molecule has 1 amide bonds. The van der Waals surface area contributed by atoms with Crippen molar-refractivity contribution in [1.29, 1.82) is 0 Å². The highest BCUT2D eigenvalue weighted by atomic mass is 35.5. The second-order valence-electron chi connectivity index (χ2n) is 8.56. The van der Waals surface area contributed by atoms with Crippen molar-refractivity contribution in [2.45, 2.75) is 50.6 Å². The number of thioether (sulfide) groups is 1. The quantitative estimate of drug-likeness (QED) is 0.196. The molecule has 0 aliphatic rings. The summed E-state index contributed by atoms with van der Waals surface area (Å²) in [6.07, 6.45) is 3.59. The summed E-state index contributed by atoms with van der Waals surface area (Å²) < 4.78 is 7.49. The Labute approximate surface area is 230 Å². The van der Waals surface area contributed by atoms with Gasteiger partial charge in [-0.2, -0.15) is 0 Å². The number of carbonyl (C=O) groups is 1. The van der Waals surface area contributed by atoms with Crippen molar-refractivity contribution in [2.75, 3.05) is 19.6 Å². The third-order valence-electron chi connectivity index (χ3n) is 5.93. The van der Waals surface area contributed by atoms with E-state index in [1.165, 1.54) is 23.1 Å². The van der Waals surface area contributed by atoms with Crippen LogP contribution < -0.4 is 5.32 Å². The van der Waals surface area contributed by atoms with E-state index in [-0.39, 0.29) is 11.9 Å². The Morgan fingerprint density at radius 3 is 2.81 bits per heavy atom. The molecule has 8 nitrogen and oxygen atoms in total. The van der Waals surface area contributed by atoms with Crippen LogP contribution in [0, 0.1) is 0 Å². The highest BCUT2D eigenvalue weighted by Gasteiger charge is 2.20. The molecule has 0 aliphatic heterocycles. The predicted octanol–water partition coefficient (Wildman–Crippen LogP) is 6.17. The minimum Gasteiger partial charge on any atom is -0.461 e. The fourth-order valence-corrected chi connectivity index (χ4v) is 5.84. The number of carbonyl (C=O) groups excluding carboxylic acids is 1. The molecule has 0 bridgehead atoms. The molecule has 4 rings (SSSR count). The highest BCUT2D eigenvalue weighted by Crippen LogP contribution is 2.31. The third-order valence-corrected chi connectivity index (χ3v) is 8.14. The van der Waals surface area contributed by atoms with Gasteiger partial charge in [0.15, 0.2) is 10.9 Å². The first kappa shape index (κ1) is 27.4. The number of aromatic nitrogens is 4. The van der Waals surface area contributed by atoms with Crippen LogP contribution in [0.15, 0.2) is 57.6 Å². The molecule has 4 aromatic rings. The molecule has 3 aromatic heterocycles. The Kier molecular flexibility index (Phi) is 9.79. The van der Waals surface area contributed by atoms with Crippen molar-refractivity contribution < 1.29 is 9.21 Å². The van der Waals surface area contributed by atoms with E-state index in [1.807, 2.05) is 53.3 Å². The van der Waals surface area contributed by atoms with E-state index < -0.39 is 0 Å². The smallest absolute Gasteiger partial charge is 0.270 e. The van der Waals surface area contributed by atoms with Crippen molar-refractivity contribution in [3.63, 3.8) is 0 Å². The van der Waals surface area contributed by atoms with Gasteiger partial charge in [0.1, 0.15) is 10.7 Å². The molecule has 1 N–H and O–H groups in total. The van der Waals surface area contributed by atoms with Crippen molar-refractivity contribution in [3.05, 3.63) is 63.8 Å². The van der Waals surface area contributed by atoms with Gasteiger partial charge in [0.2, 0.25) is 5.82 Å². The number of rotatable bonds is 13. The standard InChI is InChI=1S/C26H31ClN6O2S2/c1-4-32(5-2)13-7-9-18(3)28-25(34)21-16-36-23(29-21)17-37-26-31-30-24(22-12-8-14-35-22)33(26)20-11-6-10-19(27)15-20/h6,8,10-12,14-16,18H,4-5,7,9,13,17H2,1-3H3,(H,28,34). The van der Waals surface area contributed by atoms with Gasteiger partial charge in [0, 0.05) is 16.4 Å². The molecule has 1 aromatic carbocycles. The van der Waals surface area contributed by atoms with Crippen LogP contribution in [0.3, 0.4) is 0 Å². The maximum Gasteiger partial charge on any atom is 0.270 e. The van der Waals surface area contributed by atoms with Gasteiger partial charge in [-0.3, -0.25) is 9.36 Å². The van der Waals surface area contributed by atoms with Gasteiger partial charge < -0.3 is 14.6 Å². The summed E-state index contributed by atoms with van der Waals surface area (Å²) in [4.78, 5) is 19.7. The van der Waals surface area contributed by atoms with Crippen LogP contribution >= 0.6 is 34.7 Å². The van der Waals surface area contributed by atoms with Gasteiger partial charge in [-0.25, -0.2) is 4.98 Å². The highest BCUT2D eigenvalue weighted by molar-refractivity contribution is 7.98. The van der Waals surface area contributed by atoms with Gasteiger partial charge in [-0.05, 0) is 69.7 Å². The maximum atomic E-state index is 12.7. The topological polar surface area (TPSA) is 89.1 Å². The van der Waals surface area contributed by atoms with E-state index >= 15 is 0 Å². The lowest BCUT2D eigenvalue weighted by atomic mass is 10.1. The van der Waals surface area contributed by atoms with Crippen molar-refractivity contribution in [1.82, 2.24) is 30.0 Å². The van der Waals surface area contributed by atoms with Gasteiger partial charge in [-0.15, -0.1) is 21.5 Å². The van der Waals surface area contributed by atoms with E-state index in [9.17, 15) is 4.79 Å². The Morgan fingerprint density at radius 1 is 1.24 bits per heavy atom. The Balaban J connectivity index is 1.39. The Bertz CT molecular complexity index is 1290. The lowest BCUT2D eigenvalue weighted by Gasteiger charge is -2.19. The monoisotopic (exact) mass is 558 g/mol. The minimum atomic E-state index is -0.134. The number of nitrogens with zero attached hydrogens (tertiary/aromatic N) is 5. The molecule has 0 radical (unpaired) electrons. The first-order valence-corrected chi connectivity index (χ1v) is 14.6. The second-order valence-corrected chi connectivity index (χ2v) is 10.9. The van der Waals surface area contributed by atoms with Gasteiger partial charge in [-0.1, -0.05) is 43.3 Å². The zero-order chi connectivity index (χ0) is 26.2. The van der Waals surface area contributed by atoms with Crippen molar-refractivity contribution >= 4 is 40.6 Å². The predicted molar refractivity (Wildman–Crippen MR) is 150 cm³/mol. The number of nitrogens with one attached hydrogen (secondary N) is 1. The lowest BCUT2D eigenvalue weighted by molar-refractivity contribution is 0.0932. The Morgan fingerprint density at radius 2 is 2.08 bits per heavy atom. The van der Waals surface area contributed by atoms with Gasteiger partial charge in [0.05, 0.1) is 17.7 Å². The summed E-state index contributed by atoms with van der Waals surface area (Å²) in [5.74, 6) is 1.61. The van der Waals surface area contributed by atoms with E-state index in [4.69, 9.17) is 16.0 Å². The van der Waals surface area contributed by atoms with Crippen molar-refractivity contribution in [2.24, 2.45) is 0 Å². The average molecular weight is 559 g/mol. The van der Waals surface area contributed by atoms with Crippen LogP contribution in [0.1, 0.15) is 49.1 Å². The Hall–Kier alpha value is -2.66. The summed E-state index contributed by atoms with van der Waals surface area (Å²) in [6.45, 7) is 9.54. The molecule has 1 atom stereocenters. The molecule has 0 spiro atoms. The minimum absolute atomic E-state index is 0.0962. The molecule has 3 heterocycles. The molecule has 11 heteroatoms. The number of halogens is 1. The molecule has 0 fully saturated rings. The molecule has 0 aliphatic carbocycles. The second kappa shape index (κ2) is 13.2. The number of hydrogen-bond donors (Lipinski definition) is 1. The van der Waals surface area contributed by atoms with Crippen LogP contribution in [-0.2, 0) is 5.75 Å². The average Bonchev–Trinajstić information content (AvgIpc) is 3.66. The fourth-order valence-electron chi connectivity index (χ4n) is 3.92. The van der Waals surface area contributed by atoms with Crippen LogP contribution in [0.4, 0.5) is 0 Å². The zero-order valence-corrected chi connectivity index (χ0v) is 23.6. The fraction of sp³-hybridized carbons (Fsp3) is 0.385. The molecule has 1 unspecified atom stereocenters. The molecular formula is C26H31ClN6O2S2. The van der Waals surface area contributed by atoms with Crippen LogP contribution in [0.5, 0.6) is 0 Å². The van der Waals surface area contributed by atoms with E-state index in [2.05, 4.69) is 39.2 Å². The van der Waals surface area contributed by atoms with Crippen molar-refractivity contribution in [3.8, 4) is 17.3 Å². The van der Waals surface area contributed by atoms with Crippen LogP contribution in [0.25, 0.3) is 17.3 Å². The molecular weight excluding hydrogens is 528 g/mol. The number of thiazole rings is 1. The molecule has 0 saturated carbocycles. The zero-order valence-electron chi connectivity index (χ0n) is 21.2. The number of amides is 1. The summed E-state index contributed by atoms with van der Waals surface area (Å²) in [7, 11) is 0. The summed E-state index contributed by atoms with van der Waals surface area (Å²) >= 11 is 9.21. The SMILES string of the molecule is CCN(CC)CCCC(C)NC(=O)c1csc(CSc2nnc(-c3ccco3)n2-c2cccc(Cl)c2)n1. The van der Waals surface area contributed by atoms with E-state index in [0.717, 1.165) is 43.2 Å². The molecule has 196 valence electrons. The molecule has 37 heavy (non-hydrogen) atoms. The van der Waals surface area contributed by atoms with Gasteiger partial charge in [0.25, 0.3) is 5.91 Å². The molecule has 0 saturated heterocycles. The first-order chi connectivity index (χ1) is 18.0. The number of furan rings is 1. The summed E-state index contributed by atoms with van der Waals surface area (Å²) in [5, 5.41) is 15.8. The van der Waals surface area contributed by atoms with Crippen LogP contribution in [0.2, 0.25) is 5.02 Å². The lowest BCUT2D eigenvalue weighted by Crippen LogP contribution is -2.33. The van der Waals surface area contributed by atoms with Gasteiger partial charge >= 0.3 is 0 Å². The van der Waals surface area contributed by atoms with E-state index in [0.29, 0.717) is 33.2 Å². The first-order valence-electron chi connectivity index (χ1n) is 12.3. The van der Waals surface area contributed by atoms with Crippen LogP contribution in [-0.4, -0.2) is 56.2 Å². The van der Waals surface area contributed by atoms with E-state index in [1.54, 1.807) is 6.26 Å². The summed E-state index contributed by atoms with van der Waals surface area (Å²) in [5.41, 5.74) is 1.28. The normalized spacial score (nSPS) is 12.2.